The van der Waals surface area contributed by atoms with Gasteiger partial charge in [-0.1, -0.05) is 19.8 Å². The number of aliphatic hydroxyl groups excluding tert-OH is 2. The highest BCUT2D eigenvalue weighted by Gasteiger charge is 2.58. The number of hydrogen-bond donors (Lipinski definition) is 3. The minimum Gasteiger partial charge on any atom is -0.449 e. The summed E-state index contributed by atoms with van der Waals surface area (Å²) in [4.78, 5) is 39.7. The van der Waals surface area contributed by atoms with Crippen molar-refractivity contribution in [3.05, 3.63) is 22.5 Å². The maximum absolute atomic E-state index is 14.4. The highest BCUT2D eigenvalue weighted by molar-refractivity contribution is 5.84. The zero-order valence-corrected chi connectivity index (χ0v) is 15.8. The first kappa shape index (κ1) is 21.9. The number of rotatable bonds is 7. The Morgan fingerprint density at radius 1 is 1.43 bits per heavy atom. The monoisotopic (exact) mass is 401 g/mol. The zero-order chi connectivity index (χ0) is 21.1. The molecular weight excluding hydrogens is 377 g/mol. The highest BCUT2D eigenvalue weighted by atomic mass is 19.1. The SMILES string of the molecule is CCCCCOC(=O)Nc1nc(=O)n([C@]2(C(C)=O)O[C@H](C)[C@@H](O)[C@H]2O)cc1F. The van der Waals surface area contributed by atoms with E-state index < -0.39 is 53.2 Å². The third-order valence-electron chi connectivity index (χ3n) is 4.52. The summed E-state index contributed by atoms with van der Waals surface area (Å²) in [6.07, 6.45) is -2.27. The van der Waals surface area contributed by atoms with E-state index in [0.717, 1.165) is 19.8 Å². The van der Waals surface area contributed by atoms with Crippen LogP contribution in [0, 0.1) is 5.82 Å². The lowest BCUT2D eigenvalue weighted by Crippen LogP contribution is -2.55. The molecule has 0 spiro atoms. The van der Waals surface area contributed by atoms with Crippen molar-refractivity contribution < 1.29 is 33.7 Å². The van der Waals surface area contributed by atoms with Gasteiger partial charge in [-0.05, 0) is 20.3 Å². The molecule has 2 rings (SSSR count). The van der Waals surface area contributed by atoms with Crippen LogP contribution in [0.3, 0.4) is 0 Å². The van der Waals surface area contributed by atoms with E-state index in [4.69, 9.17) is 9.47 Å². The number of aliphatic hydroxyl groups is 2. The molecule has 28 heavy (non-hydrogen) atoms. The third-order valence-corrected chi connectivity index (χ3v) is 4.52. The van der Waals surface area contributed by atoms with Crippen molar-refractivity contribution in [3.8, 4) is 0 Å². The predicted molar refractivity (Wildman–Crippen MR) is 94.2 cm³/mol. The molecule has 0 aliphatic carbocycles. The van der Waals surface area contributed by atoms with E-state index in [-0.39, 0.29) is 6.61 Å². The molecule has 156 valence electrons. The summed E-state index contributed by atoms with van der Waals surface area (Å²) >= 11 is 0. The van der Waals surface area contributed by atoms with Gasteiger partial charge in [-0.3, -0.25) is 14.7 Å². The van der Waals surface area contributed by atoms with Crippen LogP contribution in [0.4, 0.5) is 15.0 Å². The highest BCUT2D eigenvalue weighted by Crippen LogP contribution is 2.35. The van der Waals surface area contributed by atoms with Crippen LogP contribution >= 0.6 is 0 Å². The second-order valence-electron chi connectivity index (χ2n) is 6.57. The minimum atomic E-state index is -2.33. The summed E-state index contributed by atoms with van der Waals surface area (Å²) in [7, 11) is 0. The first-order valence-electron chi connectivity index (χ1n) is 8.93. The number of nitrogens with one attached hydrogen (secondary N) is 1. The smallest absolute Gasteiger partial charge is 0.412 e. The minimum absolute atomic E-state index is 0.127. The van der Waals surface area contributed by atoms with Crippen molar-refractivity contribution in [2.75, 3.05) is 11.9 Å². The first-order chi connectivity index (χ1) is 13.1. The molecule has 2 heterocycles. The molecule has 10 nitrogen and oxygen atoms in total. The number of nitrogens with zero attached hydrogens (tertiary/aromatic N) is 2. The van der Waals surface area contributed by atoms with Crippen LogP contribution in [0.5, 0.6) is 0 Å². The molecule has 0 bridgehead atoms. The van der Waals surface area contributed by atoms with Gasteiger partial charge in [0.15, 0.2) is 17.4 Å². The van der Waals surface area contributed by atoms with E-state index in [1.54, 1.807) is 0 Å². The van der Waals surface area contributed by atoms with Gasteiger partial charge in [-0.15, -0.1) is 0 Å². The van der Waals surface area contributed by atoms with Crippen molar-refractivity contribution in [1.82, 2.24) is 9.55 Å². The third kappa shape index (κ3) is 4.05. The van der Waals surface area contributed by atoms with Crippen LogP contribution in [0.15, 0.2) is 11.0 Å². The van der Waals surface area contributed by atoms with Gasteiger partial charge in [0.25, 0.3) is 0 Å². The Morgan fingerprint density at radius 2 is 2.11 bits per heavy atom. The van der Waals surface area contributed by atoms with Gasteiger partial charge < -0.3 is 19.7 Å². The summed E-state index contributed by atoms with van der Waals surface area (Å²) in [6.45, 7) is 4.52. The van der Waals surface area contributed by atoms with Gasteiger partial charge in [0, 0.05) is 0 Å². The lowest BCUT2D eigenvalue weighted by Gasteiger charge is -2.31. The molecule has 11 heteroatoms. The molecule has 1 aliphatic heterocycles. The lowest BCUT2D eigenvalue weighted by molar-refractivity contribution is -0.170. The van der Waals surface area contributed by atoms with Crippen LogP contribution in [0.2, 0.25) is 0 Å². The number of carbonyl (C=O) groups is 2. The van der Waals surface area contributed by atoms with E-state index in [1.807, 2.05) is 12.2 Å². The molecule has 1 fully saturated rings. The van der Waals surface area contributed by atoms with Crippen LogP contribution in [-0.4, -0.2) is 56.6 Å². The number of Topliss-reactive ketones (excluding diaryl/α,β-unsaturated/α-hetero) is 1. The van der Waals surface area contributed by atoms with Gasteiger partial charge in [-0.2, -0.15) is 4.98 Å². The van der Waals surface area contributed by atoms with Gasteiger partial charge in [0.2, 0.25) is 5.72 Å². The predicted octanol–water partition coefficient (Wildman–Crippen LogP) is 0.503. The molecule has 0 radical (unpaired) electrons. The molecule has 3 N–H and O–H groups in total. The van der Waals surface area contributed by atoms with Crippen LogP contribution in [0.1, 0.15) is 40.0 Å². The lowest BCUT2D eigenvalue weighted by atomic mass is 9.99. The quantitative estimate of drug-likeness (QED) is 0.561. The maximum Gasteiger partial charge on any atom is 0.412 e. The van der Waals surface area contributed by atoms with E-state index in [1.165, 1.54) is 6.92 Å². The fraction of sp³-hybridized carbons (Fsp3) is 0.647. The van der Waals surface area contributed by atoms with Crippen LogP contribution in [0.25, 0.3) is 0 Å². The van der Waals surface area contributed by atoms with E-state index in [2.05, 4.69) is 4.98 Å². The fourth-order valence-electron chi connectivity index (χ4n) is 2.98. The molecule has 1 aromatic rings. The van der Waals surface area contributed by atoms with E-state index in [0.29, 0.717) is 17.2 Å². The summed E-state index contributed by atoms with van der Waals surface area (Å²) in [5.74, 6) is -2.68. The Labute approximate surface area is 160 Å². The number of anilines is 1. The van der Waals surface area contributed by atoms with Gasteiger partial charge in [0.05, 0.1) is 18.9 Å². The molecule has 1 saturated heterocycles. The molecule has 4 atom stereocenters. The van der Waals surface area contributed by atoms with Gasteiger partial charge in [0.1, 0.15) is 12.2 Å². The molecule has 0 saturated carbocycles. The summed E-state index contributed by atoms with van der Waals surface area (Å²) < 4.78 is 25.1. The van der Waals surface area contributed by atoms with E-state index in [9.17, 15) is 29.0 Å². The van der Waals surface area contributed by atoms with Crippen LogP contribution in [-0.2, 0) is 20.0 Å². The number of ether oxygens (including phenoxy) is 2. The molecule has 1 amide bonds. The number of unbranched alkanes of at least 4 members (excludes halogenated alkanes) is 2. The average Bonchev–Trinajstić information content (AvgIpc) is 2.86. The first-order valence-corrected chi connectivity index (χ1v) is 8.93. The maximum atomic E-state index is 14.4. The van der Waals surface area contributed by atoms with Crippen molar-refractivity contribution in [1.29, 1.82) is 0 Å². The summed E-state index contributed by atoms with van der Waals surface area (Å²) in [5, 5.41) is 22.2. The number of halogens is 1. The normalized spacial score (nSPS) is 26.9. The zero-order valence-electron chi connectivity index (χ0n) is 15.8. The average molecular weight is 401 g/mol. The largest absolute Gasteiger partial charge is 0.449 e. The van der Waals surface area contributed by atoms with Crippen molar-refractivity contribution in [2.45, 2.75) is 64.1 Å². The fourth-order valence-corrected chi connectivity index (χ4v) is 2.98. The Kier molecular flexibility index (Phi) is 6.86. The van der Waals surface area contributed by atoms with Crippen molar-refractivity contribution in [3.63, 3.8) is 0 Å². The molecule has 0 aromatic carbocycles. The molecule has 1 aromatic heterocycles. The van der Waals surface area contributed by atoms with Gasteiger partial charge in [-0.25, -0.2) is 14.0 Å². The molecule has 1 aliphatic rings. The van der Waals surface area contributed by atoms with Crippen molar-refractivity contribution >= 4 is 17.7 Å². The topological polar surface area (TPSA) is 140 Å². The Hall–Kier alpha value is -2.37. The van der Waals surface area contributed by atoms with Crippen molar-refractivity contribution in [2.24, 2.45) is 0 Å². The second-order valence-corrected chi connectivity index (χ2v) is 6.57. The summed E-state index contributed by atoms with van der Waals surface area (Å²) in [6, 6.07) is 0. The number of carbonyl (C=O) groups excluding carboxylic acids is 2. The second kappa shape index (κ2) is 8.76. The number of aromatic nitrogens is 2. The Balaban J connectivity index is 2.29. The molecular formula is C17H24FN3O7. The van der Waals surface area contributed by atoms with Crippen LogP contribution < -0.4 is 11.0 Å². The molecule has 0 unspecified atom stereocenters. The Bertz CT molecular complexity index is 799. The number of ketones is 1. The van der Waals surface area contributed by atoms with E-state index >= 15 is 0 Å². The summed E-state index contributed by atoms with van der Waals surface area (Å²) in [5.41, 5.74) is -3.50. The standard InChI is InChI=1S/C17H24FN3O7/c1-4-5-6-7-27-16(26)20-14-11(18)8-21(15(25)19-14)17(10(3)22)13(24)12(23)9(2)28-17/h8-9,12-13,23-24H,4-7H2,1-3H3,(H,19,20,25,26)/t9-,12-,13-,17-/m1/s1. The number of hydrogen-bond acceptors (Lipinski definition) is 8. The number of amides is 1. The van der Waals surface area contributed by atoms with Gasteiger partial charge >= 0.3 is 11.8 Å². The Morgan fingerprint density at radius 3 is 2.64 bits per heavy atom.